The van der Waals surface area contributed by atoms with Gasteiger partial charge in [0.05, 0.1) is 37.5 Å². The van der Waals surface area contributed by atoms with Gasteiger partial charge in [0.2, 0.25) is 0 Å². The van der Waals surface area contributed by atoms with Gasteiger partial charge in [0.25, 0.3) is 10.0 Å². The molecule has 25 heavy (non-hydrogen) atoms. The van der Waals surface area contributed by atoms with E-state index in [0.717, 1.165) is 0 Å². The second-order valence-corrected chi connectivity index (χ2v) is 6.79. The number of carbonyl (C=O) groups is 1. The molecular formula is C17H19NO6S. The fourth-order valence-electron chi connectivity index (χ4n) is 2.26. The monoisotopic (exact) mass is 365 g/mol. The van der Waals surface area contributed by atoms with Crippen molar-refractivity contribution < 1.29 is 27.4 Å². The first-order chi connectivity index (χ1) is 11.8. The SMILES string of the molecule is COC(=O)c1cccc(C)c1NS(=O)(=O)c1ccc(OC)c(OC)c1. The summed E-state index contributed by atoms with van der Waals surface area (Å²) >= 11 is 0. The molecule has 0 atom stereocenters. The normalized spacial score (nSPS) is 10.9. The number of rotatable bonds is 6. The molecule has 134 valence electrons. The minimum Gasteiger partial charge on any atom is -0.493 e. The van der Waals surface area contributed by atoms with Crippen LogP contribution in [-0.4, -0.2) is 35.7 Å². The first-order valence-electron chi connectivity index (χ1n) is 7.26. The number of carbonyl (C=O) groups excluding carboxylic acids is 1. The standard InChI is InChI=1S/C17H19NO6S/c1-11-6-5-7-13(17(19)24-4)16(11)18-25(20,21)12-8-9-14(22-2)15(10-12)23-3/h5-10,18H,1-4H3. The molecule has 7 nitrogen and oxygen atoms in total. The lowest BCUT2D eigenvalue weighted by molar-refractivity contribution is 0.0602. The summed E-state index contributed by atoms with van der Waals surface area (Å²) in [4.78, 5) is 11.9. The summed E-state index contributed by atoms with van der Waals surface area (Å²) in [6.45, 7) is 1.69. The van der Waals surface area contributed by atoms with Crippen LogP contribution in [0.1, 0.15) is 15.9 Å². The van der Waals surface area contributed by atoms with E-state index in [2.05, 4.69) is 4.72 Å². The fourth-order valence-corrected chi connectivity index (χ4v) is 3.43. The Morgan fingerprint density at radius 1 is 1.00 bits per heavy atom. The van der Waals surface area contributed by atoms with E-state index in [1.54, 1.807) is 19.1 Å². The third kappa shape index (κ3) is 3.85. The van der Waals surface area contributed by atoms with Gasteiger partial charge in [0, 0.05) is 6.07 Å². The summed E-state index contributed by atoms with van der Waals surface area (Å²) in [6.07, 6.45) is 0. The minimum absolute atomic E-state index is 0.0239. The number of hydrogen-bond donors (Lipinski definition) is 1. The maximum absolute atomic E-state index is 12.7. The topological polar surface area (TPSA) is 90.9 Å². The zero-order chi connectivity index (χ0) is 18.6. The van der Waals surface area contributed by atoms with Crippen LogP contribution in [0.25, 0.3) is 0 Å². The van der Waals surface area contributed by atoms with Gasteiger partial charge in [-0.3, -0.25) is 4.72 Å². The average molecular weight is 365 g/mol. The Bertz CT molecular complexity index is 892. The van der Waals surface area contributed by atoms with Crippen LogP contribution in [0.4, 0.5) is 5.69 Å². The molecule has 0 saturated carbocycles. The number of esters is 1. The van der Waals surface area contributed by atoms with Gasteiger partial charge in [-0.1, -0.05) is 12.1 Å². The molecule has 2 aromatic carbocycles. The van der Waals surface area contributed by atoms with E-state index in [0.29, 0.717) is 11.3 Å². The number of anilines is 1. The Morgan fingerprint density at radius 3 is 2.28 bits per heavy atom. The number of benzene rings is 2. The van der Waals surface area contributed by atoms with Crippen LogP contribution >= 0.6 is 0 Å². The first-order valence-corrected chi connectivity index (χ1v) is 8.75. The van der Waals surface area contributed by atoms with Crippen LogP contribution in [0, 0.1) is 6.92 Å². The zero-order valence-corrected chi connectivity index (χ0v) is 15.1. The van der Waals surface area contributed by atoms with E-state index in [4.69, 9.17) is 14.2 Å². The van der Waals surface area contributed by atoms with Gasteiger partial charge in [-0.15, -0.1) is 0 Å². The molecule has 0 aliphatic rings. The van der Waals surface area contributed by atoms with Gasteiger partial charge in [0.1, 0.15) is 0 Å². The number of ether oxygens (including phenoxy) is 3. The van der Waals surface area contributed by atoms with E-state index < -0.39 is 16.0 Å². The second-order valence-electron chi connectivity index (χ2n) is 5.11. The molecule has 0 fully saturated rings. The van der Waals surface area contributed by atoms with Crippen LogP contribution in [0.3, 0.4) is 0 Å². The van der Waals surface area contributed by atoms with Crippen molar-refractivity contribution in [2.24, 2.45) is 0 Å². The summed E-state index contributed by atoms with van der Waals surface area (Å²) in [5.41, 5.74) is 0.891. The third-order valence-electron chi connectivity index (χ3n) is 3.58. The number of hydrogen-bond acceptors (Lipinski definition) is 6. The summed E-state index contributed by atoms with van der Waals surface area (Å²) < 4.78 is 42.8. The molecule has 0 aliphatic carbocycles. The summed E-state index contributed by atoms with van der Waals surface area (Å²) in [5.74, 6) is 0.0599. The lowest BCUT2D eigenvalue weighted by Crippen LogP contribution is -2.17. The van der Waals surface area contributed by atoms with Crippen molar-refractivity contribution in [1.82, 2.24) is 0 Å². The highest BCUT2D eigenvalue weighted by Crippen LogP contribution is 2.31. The van der Waals surface area contributed by atoms with Gasteiger partial charge < -0.3 is 14.2 Å². The third-order valence-corrected chi connectivity index (χ3v) is 4.93. The fraction of sp³-hybridized carbons (Fsp3) is 0.235. The highest BCUT2D eigenvalue weighted by molar-refractivity contribution is 7.92. The van der Waals surface area contributed by atoms with Crippen molar-refractivity contribution in [1.29, 1.82) is 0 Å². The van der Waals surface area contributed by atoms with Crippen molar-refractivity contribution in [3.8, 4) is 11.5 Å². The first kappa shape index (κ1) is 18.6. The Hall–Kier alpha value is -2.74. The molecule has 2 rings (SSSR count). The summed E-state index contributed by atoms with van der Waals surface area (Å²) in [6, 6.07) is 9.06. The molecule has 1 N–H and O–H groups in total. The van der Waals surface area contributed by atoms with E-state index in [9.17, 15) is 13.2 Å². The predicted molar refractivity (Wildman–Crippen MR) is 92.9 cm³/mol. The number of aryl methyl sites for hydroxylation is 1. The summed E-state index contributed by atoms with van der Waals surface area (Å²) in [7, 11) is 0.156. The van der Waals surface area contributed by atoms with Crippen molar-refractivity contribution in [2.75, 3.05) is 26.1 Å². The Labute approximate surface area is 146 Å². The molecule has 2 aromatic rings. The van der Waals surface area contributed by atoms with Gasteiger partial charge in [-0.05, 0) is 30.7 Å². The number of para-hydroxylation sites is 1. The van der Waals surface area contributed by atoms with Crippen LogP contribution in [-0.2, 0) is 14.8 Å². The van der Waals surface area contributed by atoms with Crippen molar-refractivity contribution >= 4 is 21.7 Å². The van der Waals surface area contributed by atoms with Crippen LogP contribution in [0.2, 0.25) is 0 Å². The Balaban J connectivity index is 2.48. The molecule has 0 heterocycles. The van der Waals surface area contributed by atoms with Crippen LogP contribution in [0.15, 0.2) is 41.3 Å². The Kier molecular flexibility index (Phi) is 5.53. The maximum Gasteiger partial charge on any atom is 0.340 e. The van der Waals surface area contributed by atoms with Gasteiger partial charge >= 0.3 is 5.97 Å². The second kappa shape index (κ2) is 7.43. The van der Waals surface area contributed by atoms with Crippen LogP contribution < -0.4 is 14.2 Å². The van der Waals surface area contributed by atoms with Crippen molar-refractivity contribution in [3.63, 3.8) is 0 Å². The largest absolute Gasteiger partial charge is 0.493 e. The highest BCUT2D eigenvalue weighted by atomic mass is 32.2. The lowest BCUT2D eigenvalue weighted by Gasteiger charge is -2.15. The molecule has 0 bridgehead atoms. The van der Waals surface area contributed by atoms with Crippen molar-refractivity contribution in [3.05, 3.63) is 47.5 Å². The molecule has 0 spiro atoms. The maximum atomic E-state index is 12.7. The predicted octanol–water partition coefficient (Wildman–Crippen LogP) is 2.60. The van der Waals surface area contributed by atoms with E-state index in [1.165, 1.54) is 45.6 Å². The molecule has 0 aliphatic heterocycles. The van der Waals surface area contributed by atoms with Gasteiger partial charge in [0.15, 0.2) is 11.5 Å². The minimum atomic E-state index is -3.95. The Morgan fingerprint density at radius 2 is 1.68 bits per heavy atom. The van der Waals surface area contributed by atoms with Gasteiger partial charge in [-0.2, -0.15) is 0 Å². The average Bonchev–Trinajstić information content (AvgIpc) is 2.61. The molecule has 0 radical (unpaired) electrons. The number of methoxy groups -OCH3 is 3. The van der Waals surface area contributed by atoms with Crippen molar-refractivity contribution in [2.45, 2.75) is 11.8 Å². The molecule has 0 unspecified atom stereocenters. The van der Waals surface area contributed by atoms with E-state index in [-0.39, 0.29) is 21.9 Å². The van der Waals surface area contributed by atoms with Gasteiger partial charge in [-0.25, -0.2) is 13.2 Å². The highest BCUT2D eigenvalue weighted by Gasteiger charge is 2.22. The smallest absolute Gasteiger partial charge is 0.340 e. The van der Waals surface area contributed by atoms with Crippen LogP contribution in [0.5, 0.6) is 11.5 Å². The lowest BCUT2D eigenvalue weighted by atomic mass is 10.1. The van der Waals surface area contributed by atoms with E-state index in [1.807, 2.05) is 0 Å². The molecular weight excluding hydrogens is 346 g/mol. The number of sulfonamides is 1. The number of nitrogens with one attached hydrogen (secondary N) is 1. The molecule has 0 amide bonds. The molecule has 0 saturated heterocycles. The van der Waals surface area contributed by atoms with E-state index >= 15 is 0 Å². The molecule has 8 heteroatoms. The molecule has 0 aromatic heterocycles. The zero-order valence-electron chi connectivity index (χ0n) is 14.3. The quantitative estimate of drug-likeness (QED) is 0.791. The summed E-state index contributed by atoms with van der Waals surface area (Å²) in [5, 5.41) is 0.